The highest BCUT2D eigenvalue weighted by Gasteiger charge is 2.20. The highest BCUT2D eigenvalue weighted by atomic mass is 32.1. The van der Waals surface area contributed by atoms with Crippen LogP contribution in [0.5, 0.6) is 0 Å². The summed E-state index contributed by atoms with van der Waals surface area (Å²) in [6.07, 6.45) is 0. The number of Topliss-reactive ketones (excluding diaryl/α,β-unsaturated/α-hetero) is 1. The number of ketones is 1. The molecule has 18 heavy (non-hydrogen) atoms. The molecule has 0 spiro atoms. The largest absolute Gasteiger partial charge is 0.470 e. The molecule has 0 amide bonds. The second-order valence-corrected chi connectivity index (χ2v) is 4.84. The number of rotatable bonds is 4. The minimum Gasteiger partial charge on any atom is -0.470 e. The maximum absolute atomic E-state index is 11.7. The van der Waals surface area contributed by atoms with Crippen molar-refractivity contribution in [2.24, 2.45) is 0 Å². The lowest BCUT2D eigenvalue weighted by atomic mass is 9.92. The Kier molecular flexibility index (Phi) is 5.28. The number of benzene rings is 1. The van der Waals surface area contributed by atoms with Crippen LogP contribution in [-0.4, -0.2) is 36.6 Å². The Morgan fingerprint density at radius 1 is 1.39 bits per heavy atom. The molecule has 1 rings (SSSR count). The maximum atomic E-state index is 11.7. The van der Waals surface area contributed by atoms with Crippen molar-refractivity contribution in [3.63, 3.8) is 0 Å². The molecule has 0 N–H and O–H groups in total. The normalized spacial score (nSPS) is 11.8. The van der Waals surface area contributed by atoms with Gasteiger partial charge < -0.3 is 9.64 Å². The molecule has 0 heterocycles. The van der Waals surface area contributed by atoms with Crippen LogP contribution < -0.4 is 0 Å². The number of hydrogen-bond donors (Lipinski definition) is 0. The lowest BCUT2D eigenvalue weighted by molar-refractivity contribution is -0.119. The average molecular weight is 265 g/mol. The monoisotopic (exact) mass is 265 g/mol. The molecule has 0 aromatic heterocycles. The summed E-state index contributed by atoms with van der Waals surface area (Å²) >= 11 is 5.06. The molecule has 4 heteroatoms. The summed E-state index contributed by atoms with van der Waals surface area (Å²) < 4.78 is 5.47. The average Bonchev–Trinajstić information content (AvgIpc) is 2.30. The van der Waals surface area contributed by atoms with Gasteiger partial charge in [-0.3, -0.25) is 4.79 Å². The first kappa shape index (κ1) is 14.6. The van der Waals surface area contributed by atoms with E-state index in [1.165, 1.54) is 0 Å². The van der Waals surface area contributed by atoms with E-state index in [0.717, 1.165) is 11.1 Å². The second-order valence-electron chi connectivity index (χ2n) is 4.49. The molecule has 0 fully saturated rings. The SMILES string of the molecule is CC(=O)C(COC(=S)N(C)C)c1ccccc1C. The minimum atomic E-state index is -0.260. The van der Waals surface area contributed by atoms with Crippen LogP contribution >= 0.6 is 12.2 Å². The predicted molar refractivity (Wildman–Crippen MR) is 76.8 cm³/mol. The third kappa shape index (κ3) is 3.81. The number of ether oxygens (including phenoxy) is 1. The third-order valence-corrected chi connectivity index (χ3v) is 3.28. The fraction of sp³-hybridized carbons (Fsp3) is 0.429. The fourth-order valence-electron chi connectivity index (χ4n) is 1.69. The van der Waals surface area contributed by atoms with Gasteiger partial charge in [0.05, 0.1) is 5.92 Å². The molecular formula is C14H19NO2S. The van der Waals surface area contributed by atoms with Crippen molar-refractivity contribution in [2.75, 3.05) is 20.7 Å². The Morgan fingerprint density at radius 2 is 2.00 bits per heavy atom. The van der Waals surface area contributed by atoms with E-state index in [1.807, 2.05) is 45.3 Å². The van der Waals surface area contributed by atoms with Gasteiger partial charge in [0.25, 0.3) is 5.17 Å². The first-order chi connectivity index (χ1) is 8.43. The third-order valence-electron chi connectivity index (χ3n) is 2.79. The zero-order chi connectivity index (χ0) is 13.7. The van der Waals surface area contributed by atoms with Gasteiger partial charge in [-0.05, 0) is 37.2 Å². The lowest BCUT2D eigenvalue weighted by Gasteiger charge is -2.20. The smallest absolute Gasteiger partial charge is 0.258 e. The summed E-state index contributed by atoms with van der Waals surface area (Å²) in [6, 6.07) is 7.85. The van der Waals surface area contributed by atoms with Crippen LogP contribution in [0.4, 0.5) is 0 Å². The van der Waals surface area contributed by atoms with Gasteiger partial charge >= 0.3 is 0 Å². The van der Waals surface area contributed by atoms with E-state index in [9.17, 15) is 4.79 Å². The van der Waals surface area contributed by atoms with Crippen LogP contribution in [0.2, 0.25) is 0 Å². The summed E-state index contributed by atoms with van der Waals surface area (Å²) in [4.78, 5) is 13.5. The van der Waals surface area contributed by atoms with Crippen LogP contribution in [0.25, 0.3) is 0 Å². The van der Waals surface area contributed by atoms with E-state index in [1.54, 1.807) is 11.8 Å². The molecule has 1 atom stereocenters. The van der Waals surface area contributed by atoms with E-state index < -0.39 is 0 Å². The first-order valence-corrected chi connectivity index (χ1v) is 6.24. The predicted octanol–water partition coefficient (Wildman–Crippen LogP) is 2.53. The summed E-state index contributed by atoms with van der Waals surface area (Å²) in [6.45, 7) is 3.87. The summed E-state index contributed by atoms with van der Waals surface area (Å²) in [5, 5.41) is 0.398. The number of carbonyl (C=O) groups excluding carboxylic acids is 1. The van der Waals surface area contributed by atoms with E-state index in [-0.39, 0.29) is 18.3 Å². The lowest BCUT2D eigenvalue weighted by Crippen LogP contribution is -2.26. The molecule has 0 aliphatic rings. The Balaban J connectivity index is 2.82. The van der Waals surface area contributed by atoms with Crippen LogP contribution in [-0.2, 0) is 9.53 Å². The Morgan fingerprint density at radius 3 is 2.50 bits per heavy atom. The molecular weight excluding hydrogens is 246 g/mol. The van der Waals surface area contributed by atoms with Crippen LogP contribution in [0, 0.1) is 6.92 Å². The Labute approximate surface area is 114 Å². The van der Waals surface area contributed by atoms with Crippen LogP contribution in [0.1, 0.15) is 24.0 Å². The van der Waals surface area contributed by atoms with Gasteiger partial charge in [-0.15, -0.1) is 0 Å². The van der Waals surface area contributed by atoms with Gasteiger partial charge in [0.15, 0.2) is 0 Å². The maximum Gasteiger partial charge on any atom is 0.258 e. The zero-order valence-corrected chi connectivity index (χ0v) is 12.1. The number of hydrogen-bond acceptors (Lipinski definition) is 3. The van der Waals surface area contributed by atoms with Crippen molar-refractivity contribution in [1.82, 2.24) is 4.90 Å². The van der Waals surface area contributed by atoms with E-state index in [0.29, 0.717) is 5.17 Å². The molecule has 1 aromatic carbocycles. The van der Waals surface area contributed by atoms with Gasteiger partial charge in [-0.25, -0.2) is 0 Å². The molecule has 0 aliphatic carbocycles. The van der Waals surface area contributed by atoms with Crippen molar-refractivity contribution in [1.29, 1.82) is 0 Å². The number of carbonyl (C=O) groups is 1. The van der Waals surface area contributed by atoms with Gasteiger partial charge in [0.1, 0.15) is 12.4 Å². The second kappa shape index (κ2) is 6.50. The first-order valence-electron chi connectivity index (χ1n) is 5.83. The van der Waals surface area contributed by atoms with Gasteiger partial charge in [-0.1, -0.05) is 24.3 Å². The van der Waals surface area contributed by atoms with Crippen LogP contribution in [0.15, 0.2) is 24.3 Å². The highest BCUT2D eigenvalue weighted by Crippen LogP contribution is 2.21. The highest BCUT2D eigenvalue weighted by molar-refractivity contribution is 7.80. The molecule has 0 saturated carbocycles. The molecule has 1 aromatic rings. The molecule has 0 aliphatic heterocycles. The Bertz CT molecular complexity index is 443. The van der Waals surface area contributed by atoms with E-state index in [2.05, 4.69) is 0 Å². The molecule has 0 saturated heterocycles. The van der Waals surface area contributed by atoms with Crippen molar-refractivity contribution < 1.29 is 9.53 Å². The number of nitrogens with zero attached hydrogens (tertiary/aromatic N) is 1. The summed E-state index contributed by atoms with van der Waals surface area (Å²) in [7, 11) is 3.64. The van der Waals surface area contributed by atoms with Crippen molar-refractivity contribution in [3.8, 4) is 0 Å². The Hall–Kier alpha value is -1.42. The standard InChI is InChI=1S/C14H19NO2S/c1-10-7-5-6-8-12(10)13(11(2)16)9-17-14(18)15(3)4/h5-8,13H,9H2,1-4H3. The van der Waals surface area contributed by atoms with E-state index >= 15 is 0 Å². The van der Waals surface area contributed by atoms with Crippen LogP contribution in [0.3, 0.4) is 0 Å². The molecule has 1 unspecified atom stereocenters. The van der Waals surface area contributed by atoms with Crippen molar-refractivity contribution >= 4 is 23.2 Å². The summed E-state index contributed by atoms with van der Waals surface area (Å²) in [5.74, 6) is -0.171. The van der Waals surface area contributed by atoms with Gasteiger partial charge in [-0.2, -0.15) is 0 Å². The van der Waals surface area contributed by atoms with Gasteiger partial charge in [0, 0.05) is 14.1 Å². The molecule has 3 nitrogen and oxygen atoms in total. The van der Waals surface area contributed by atoms with Crippen molar-refractivity contribution in [2.45, 2.75) is 19.8 Å². The quantitative estimate of drug-likeness (QED) is 0.782. The molecule has 0 bridgehead atoms. The fourth-order valence-corrected chi connectivity index (χ4v) is 1.76. The zero-order valence-electron chi connectivity index (χ0n) is 11.3. The van der Waals surface area contributed by atoms with Gasteiger partial charge in [0.2, 0.25) is 0 Å². The number of aryl methyl sites for hydroxylation is 1. The minimum absolute atomic E-state index is 0.0888. The summed E-state index contributed by atoms with van der Waals surface area (Å²) in [5.41, 5.74) is 2.10. The number of thiocarbonyl (C=S) groups is 1. The van der Waals surface area contributed by atoms with Crippen molar-refractivity contribution in [3.05, 3.63) is 35.4 Å². The topological polar surface area (TPSA) is 29.5 Å². The molecule has 0 radical (unpaired) electrons. The van der Waals surface area contributed by atoms with E-state index in [4.69, 9.17) is 17.0 Å². The molecule has 98 valence electrons.